The van der Waals surface area contributed by atoms with Crippen molar-refractivity contribution >= 4 is 12.3 Å². The molecule has 0 fully saturated rings. The molecule has 0 bridgehead atoms. The zero-order valence-corrected chi connectivity index (χ0v) is 13.1. The first-order chi connectivity index (χ1) is 5.66. The molecule has 0 aromatic carbocycles. The van der Waals surface area contributed by atoms with E-state index in [-0.39, 0.29) is 32.3 Å². The second-order valence-electron chi connectivity index (χ2n) is 2.29. The van der Waals surface area contributed by atoms with Gasteiger partial charge in [-0.05, 0) is 0 Å². The number of aromatic nitrogens is 1. The zero-order valence-electron chi connectivity index (χ0n) is 7.20. The molecule has 0 amide bonds. The first-order valence-corrected chi connectivity index (χ1v) is 3.27. The number of hydrogen-bond acceptors (Lipinski definition) is 2. The molecular weight excluding hydrogens is 589 g/mol. The van der Waals surface area contributed by atoms with Crippen LogP contribution in [-0.2, 0) is 32.9 Å². The molecule has 6 heteroatoms. The number of carbonyl (C=O) groups is 1. The summed E-state index contributed by atoms with van der Waals surface area (Å²) in [5, 5.41) is 8.68. The second kappa shape index (κ2) is 5.59. The molecule has 0 saturated heterocycles. The van der Waals surface area contributed by atoms with Crippen molar-refractivity contribution in [2.45, 2.75) is 0 Å². The van der Waals surface area contributed by atoms with Crippen molar-refractivity contribution in [2.24, 2.45) is 7.05 Å². The smallest absolute Gasteiger partial charge is 0.343 e. The van der Waals surface area contributed by atoms with Crippen molar-refractivity contribution < 1.29 is 40.3 Å². The van der Waals surface area contributed by atoms with Gasteiger partial charge in [-0.25, -0.2) is 4.57 Å². The molecule has 0 unspecified atom stereocenters. The summed E-state index contributed by atoms with van der Waals surface area (Å²) < 4.78 is 1.36. The first kappa shape index (κ1) is 14.5. The van der Waals surface area contributed by atoms with Gasteiger partial charge in [0.2, 0.25) is 0 Å². The summed E-state index contributed by atoms with van der Waals surface area (Å²) in [5.74, 6) is -1.13. The van der Waals surface area contributed by atoms with Gasteiger partial charge in [-0.3, -0.25) is 4.79 Å². The molecule has 0 spiro atoms. The van der Waals surface area contributed by atoms with E-state index in [9.17, 15) is 9.59 Å². The summed E-state index contributed by atoms with van der Waals surface area (Å²) in [5.41, 5.74) is 0.0139. The van der Waals surface area contributed by atoms with Crippen LogP contribution in [0.25, 0.3) is 0 Å². The average molecular weight is 596 g/mol. The predicted molar refractivity (Wildman–Crippen MR) is 39.4 cm³/mol. The Bertz CT molecular complexity index is 343. The summed E-state index contributed by atoms with van der Waals surface area (Å²) in [6.07, 6.45) is 3.13. The summed E-state index contributed by atoms with van der Waals surface area (Å²) >= 11 is 0. The second-order valence-corrected chi connectivity index (χ2v) is 2.29. The van der Waals surface area contributed by atoms with E-state index in [1.165, 1.54) is 10.6 Å². The van der Waals surface area contributed by atoms with E-state index in [2.05, 4.69) is 0 Å². The van der Waals surface area contributed by atoms with Gasteiger partial charge < -0.3 is 9.90 Å². The number of carboxylic acids is 1. The molecule has 0 atom stereocenters. The van der Waals surface area contributed by atoms with Crippen molar-refractivity contribution in [3.8, 4) is 0 Å². The van der Waals surface area contributed by atoms with Crippen LogP contribution >= 0.6 is 0 Å². The van der Waals surface area contributed by atoms with E-state index in [0.29, 0.717) is 0 Å². The summed E-state index contributed by atoms with van der Waals surface area (Å²) in [6.45, 7) is 0. The maximum atomic E-state index is 10.6. The molecular formula is C8H7CmNO3W. The number of aromatic carboxylic acids is 1. The van der Waals surface area contributed by atoms with Crippen LogP contribution in [-0.4, -0.2) is 17.4 Å². The molecule has 76 valence electrons. The maximum Gasteiger partial charge on any atom is 0.343 e. The Morgan fingerprint density at radius 1 is 1.57 bits per heavy atom. The van der Waals surface area contributed by atoms with Crippen LogP contribution in [0.3, 0.4) is 0 Å². The Morgan fingerprint density at radius 3 is 2.50 bits per heavy atom. The molecule has 0 aliphatic rings. The van der Waals surface area contributed by atoms with E-state index in [0.717, 1.165) is 0 Å². The first-order valence-electron chi connectivity index (χ1n) is 3.27. The monoisotopic (exact) mass is 592 g/mol. The fraction of sp³-hybridized carbons (Fsp3) is 0.125. The van der Waals surface area contributed by atoms with Crippen LogP contribution in [0, 0.1) is 0 Å². The third kappa shape index (κ3) is 2.49. The molecule has 1 aromatic rings. The minimum atomic E-state index is -1.13. The van der Waals surface area contributed by atoms with Crippen LogP contribution in [0.5, 0.6) is 0 Å². The average Bonchev–Trinajstić information content (AvgIpc) is 2.03. The number of rotatable bonds is 2. The summed E-state index contributed by atoms with van der Waals surface area (Å²) in [4.78, 5) is 20.9. The molecule has 1 aromatic heterocycles. The van der Waals surface area contributed by atoms with Gasteiger partial charge in [-0.1, -0.05) is 11.6 Å². The van der Waals surface area contributed by atoms with Crippen LogP contribution in [0.1, 0.15) is 16.1 Å². The molecule has 1 rings (SSSR count). The minimum Gasteiger partial charge on any atom is -0.483 e. The van der Waals surface area contributed by atoms with Crippen molar-refractivity contribution in [3.05, 3.63) is 29.6 Å². The normalized spacial score (nSPS) is 8.07. The van der Waals surface area contributed by atoms with Gasteiger partial charge in [-0.15, -0.1) is 6.07 Å². The number of hydrogen-bond donors (Lipinski definition) is 1. The van der Waals surface area contributed by atoms with E-state index < -0.39 is 5.97 Å². The standard InChI is InChI=1S/C8H7NO3.Cm.W/c1-9-4-2-3-6(5-10)7(9)8(11)12;;/h2-4H,1H3,(H,11,12);;. The van der Waals surface area contributed by atoms with Crippen LogP contribution in [0.2, 0.25) is 0 Å². The van der Waals surface area contributed by atoms with Crippen molar-refractivity contribution in [3.63, 3.8) is 0 Å². The van der Waals surface area contributed by atoms with Crippen LogP contribution in [0.4, 0.5) is 0 Å². The number of carboxylic acid groups (broad SMARTS) is 1. The van der Waals surface area contributed by atoms with Crippen molar-refractivity contribution in [2.75, 3.05) is 0 Å². The van der Waals surface area contributed by atoms with Gasteiger partial charge in [0, 0.05) is 21.1 Å². The van der Waals surface area contributed by atoms with Gasteiger partial charge >= 0.3 is 5.97 Å². The van der Waals surface area contributed by atoms with E-state index in [1.807, 2.05) is 0 Å². The third-order valence-corrected chi connectivity index (χ3v) is 1.49. The Kier molecular flexibility index (Phi) is 5.79. The SMILES string of the molecule is C[n+]1cccc([C-]=O)c1C(=O)O.[Cm].[W]. The van der Waals surface area contributed by atoms with Gasteiger partial charge in [0.25, 0.3) is 0 Å². The van der Waals surface area contributed by atoms with Gasteiger partial charge in [0.05, 0.1) is 6.29 Å². The van der Waals surface area contributed by atoms with Crippen molar-refractivity contribution in [1.82, 2.24) is 0 Å². The number of nitrogens with zero attached hydrogens (tertiary/aromatic N) is 1. The number of aryl methyl sites for hydroxylation is 1. The van der Waals surface area contributed by atoms with E-state index in [4.69, 9.17) is 5.11 Å². The Labute approximate surface area is 89.5 Å². The van der Waals surface area contributed by atoms with Gasteiger partial charge in [-0.2, -0.15) is 0 Å². The van der Waals surface area contributed by atoms with Gasteiger partial charge in [0.15, 0.2) is 5.69 Å². The Balaban J connectivity index is 0. The molecule has 14 heavy (non-hydrogen) atoms. The van der Waals surface area contributed by atoms with Crippen LogP contribution in [0.15, 0.2) is 18.3 Å². The number of carbonyl (C=O) groups excluding carboxylic acids is 1. The van der Waals surface area contributed by atoms with Crippen molar-refractivity contribution in [1.29, 1.82) is 0 Å². The van der Waals surface area contributed by atoms with E-state index >= 15 is 0 Å². The molecule has 0 saturated carbocycles. The Morgan fingerprint density at radius 2 is 2.14 bits per heavy atom. The third-order valence-electron chi connectivity index (χ3n) is 1.49. The van der Waals surface area contributed by atoms with E-state index in [1.54, 1.807) is 25.6 Å². The topological polar surface area (TPSA) is 58.2 Å². The quantitative estimate of drug-likeness (QED) is 0.376. The zero-order chi connectivity index (χ0) is 9.14. The fourth-order valence-electron chi connectivity index (χ4n) is 0.960. The fourth-order valence-corrected chi connectivity index (χ4v) is 0.960. The molecule has 1 N–H and O–H groups in total. The molecule has 0 aliphatic heterocycles. The summed E-state index contributed by atoms with van der Waals surface area (Å²) in [7, 11) is 1.56. The largest absolute Gasteiger partial charge is 0.483 e. The summed E-state index contributed by atoms with van der Waals surface area (Å²) in [6, 6.07) is 3.00. The number of pyridine rings is 1. The molecule has 4 nitrogen and oxygen atoms in total. The maximum absolute atomic E-state index is 10.6. The molecule has 0 radical (unpaired) electrons. The Hall–Kier alpha value is -2.02. The molecule has 1 heterocycles. The van der Waals surface area contributed by atoms with Gasteiger partial charge in [0.1, 0.15) is 13.2 Å². The molecule has 0 aliphatic carbocycles. The van der Waals surface area contributed by atoms with Crippen LogP contribution < -0.4 is 4.57 Å². The predicted octanol–water partition coefficient (Wildman–Crippen LogP) is -0.335. The minimum absolute atomic E-state index is 0.